The van der Waals surface area contributed by atoms with Gasteiger partial charge in [-0.05, 0) is 82.5 Å². The van der Waals surface area contributed by atoms with Crippen LogP contribution in [0.4, 0.5) is 0 Å². The number of aromatic carboxylic acids is 1. The summed E-state index contributed by atoms with van der Waals surface area (Å²) in [6, 6.07) is 26.5. The van der Waals surface area contributed by atoms with Crippen LogP contribution in [-0.2, 0) is 6.61 Å². The normalized spacial score (nSPS) is 11.4. The van der Waals surface area contributed by atoms with E-state index in [0.717, 1.165) is 10.9 Å². The molecule has 0 unspecified atom stereocenters. The van der Waals surface area contributed by atoms with Crippen LogP contribution in [0.3, 0.4) is 0 Å². The molecule has 0 atom stereocenters. The Morgan fingerprint density at radius 2 is 1.79 bits per heavy atom. The lowest BCUT2D eigenvalue weighted by Crippen LogP contribution is -2.20. The molecule has 0 amide bonds. The molecular formula is C33H24BrN3O6. The van der Waals surface area contributed by atoms with Crippen molar-refractivity contribution in [3.8, 4) is 23.1 Å². The molecule has 214 valence electrons. The molecular weight excluding hydrogens is 614 g/mol. The summed E-state index contributed by atoms with van der Waals surface area (Å²) in [6.45, 7) is 2.45. The first-order valence-electron chi connectivity index (χ1n) is 13.4. The second-order valence-corrected chi connectivity index (χ2v) is 10.4. The van der Waals surface area contributed by atoms with E-state index >= 15 is 0 Å². The van der Waals surface area contributed by atoms with Gasteiger partial charge >= 0.3 is 5.97 Å². The number of carbonyl (C=O) groups is 1. The van der Waals surface area contributed by atoms with Gasteiger partial charge < -0.3 is 19.0 Å². The summed E-state index contributed by atoms with van der Waals surface area (Å²) in [5.74, 6) is 0.653. The number of nitrogens with zero attached hydrogens (tertiary/aromatic N) is 3. The van der Waals surface area contributed by atoms with E-state index in [2.05, 4.69) is 21.0 Å². The highest BCUT2D eigenvalue weighted by molar-refractivity contribution is 9.10. The van der Waals surface area contributed by atoms with Gasteiger partial charge in [0.2, 0.25) is 5.82 Å². The lowest BCUT2D eigenvalue weighted by molar-refractivity contribution is 0.0697. The monoisotopic (exact) mass is 637 g/mol. The summed E-state index contributed by atoms with van der Waals surface area (Å²) in [4.78, 5) is 29.5. The summed E-state index contributed by atoms with van der Waals surface area (Å²) in [5.41, 5.74) is 2.52. The van der Waals surface area contributed by atoms with Crippen molar-refractivity contribution in [1.82, 2.24) is 9.66 Å². The molecule has 0 radical (unpaired) electrons. The van der Waals surface area contributed by atoms with Crippen molar-refractivity contribution in [1.29, 1.82) is 0 Å². The highest BCUT2D eigenvalue weighted by Crippen LogP contribution is 2.37. The smallest absolute Gasteiger partial charge is 0.335 e. The van der Waals surface area contributed by atoms with Gasteiger partial charge in [-0.25, -0.2) is 9.78 Å². The molecule has 9 nitrogen and oxygen atoms in total. The summed E-state index contributed by atoms with van der Waals surface area (Å²) < 4.78 is 19.8. The van der Waals surface area contributed by atoms with Crippen molar-refractivity contribution >= 4 is 50.0 Å². The quantitative estimate of drug-likeness (QED) is 0.168. The van der Waals surface area contributed by atoms with E-state index < -0.39 is 5.97 Å². The Morgan fingerprint density at radius 1 is 1.02 bits per heavy atom. The van der Waals surface area contributed by atoms with E-state index in [9.17, 15) is 9.59 Å². The summed E-state index contributed by atoms with van der Waals surface area (Å²) in [7, 11) is 0. The zero-order valence-electron chi connectivity index (χ0n) is 22.9. The van der Waals surface area contributed by atoms with Crippen molar-refractivity contribution in [2.45, 2.75) is 13.5 Å². The fraction of sp³-hybridized carbons (Fsp3) is 0.0909. The molecule has 0 aliphatic heterocycles. The maximum absolute atomic E-state index is 13.6. The number of aromatic nitrogens is 2. The third-order valence-corrected chi connectivity index (χ3v) is 7.23. The molecule has 6 aromatic rings. The summed E-state index contributed by atoms with van der Waals surface area (Å²) in [6.07, 6.45) is 1.55. The maximum atomic E-state index is 13.6. The van der Waals surface area contributed by atoms with Gasteiger partial charge in [0.05, 0.1) is 33.8 Å². The zero-order chi connectivity index (χ0) is 29.9. The van der Waals surface area contributed by atoms with Crippen molar-refractivity contribution in [2.24, 2.45) is 5.10 Å². The number of hydrogen-bond donors (Lipinski definition) is 1. The molecule has 0 fully saturated rings. The molecule has 10 heteroatoms. The van der Waals surface area contributed by atoms with Crippen LogP contribution < -0.4 is 15.0 Å². The number of para-hydroxylation sites is 2. The van der Waals surface area contributed by atoms with E-state index in [1.807, 2.05) is 43.3 Å². The molecule has 4 aromatic carbocycles. The predicted octanol–water partition coefficient (Wildman–Crippen LogP) is 7.13. The Bertz CT molecular complexity index is 2030. The molecule has 6 rings (SSSR count). The number of ether oxygens (including phenoxy) is 2. The SMILES string of the molecule is CCOc1cc(C=Nn2c(-c3cc4ccccc4o3)nc3ccccc3c2=O)cc(Br)c1OCc1ccc(C(=O)O)cc1. The number of furan rings is 1. The number of rotatable bonds is 9. The Morgan fingerprint density at radius 3 is 2.56 bits per heavy atom. The molecule has 0 spiro atoms. The van der Waals surface area contributed by atoms with Crippen molar-refractivity contribution < 1.29 is 23.8 Å². The van der Waals surface area contributed by atoms with Crippen LogP contribution in [0.25, 0.3) is 33.5 Å². The Labute approximate surface area is 253 Å². The average Bonchev–Trinajstić information content (AvgIpc) is 3.45. The lowest BCUT2D eigenvalue weighted by Gasteiger charge is -2.15. The van der Waals surface area contributed by atoms with Crippen LogP contribution in [0, 0.1) is 0 Å². The van der Waals surface area contributed by atoms with E-state index in [0.29, 0.717) is 50.4 Å². The number of benzene rings is 4. The zero-order valence-corrected chi connectivity index (χ0v) is 24.4. The number of fused-ring (bicyclic) bond motifs is 2. The van der Waals surface area contributed by atoms with E-state index in [1.54, 1.807) is 48.7 Å². The average molecular weight is 638 g/mol. The first-order valence-corrected chi connectivity index (χ1v) is 14.2. The third kappa shape index (κ3) is 5.77. The minimum Gasteiger partial charge on any atom is -0.490 e. The fourth-order valence-electron chi connectivity index (χ4n) is 4.57. The van der Waals surface area contributed by atoms with Crippen LogP contribution in [0.5, 0.6) is 11.5 Å². The molecule has 2 aromatic heterocycles. The van der Waals surface area contributed by atoms with Gasteiger partial charge in [-0.2, -0.15) is 9.78 Å². The molecule has 2 heterocycles. The van der Waals surface area contributed by atoms with Crippen molar-refractivity contribution in [3.63, 3.8) is 0 Å². The predicted molar refractivity (Wildman–Crippen MR) is 167 cm³/mol. The third-order valence-electron chi connectivity index (χ3n) is 6.64. The summed E-state index contributed by atoms with van der Waals surface area (Å²) >= 11 is 3.58. The first kappa shape index (κ1) is 27.9. The highest BCUT2D eigenvalue weighted by Gasteiger charge is 2.17. The minimum absolute atomic E-state index is 0.199. The molecule has 0 aliphatic rings. The first-order chi connectivity index (χ1) is 20.9. The lowest BCUT2D eigenvalue weighted by atomic mass is 10.1. The number of halogens is 1. The number of hydrogen-bond acceptors (Lipinski definition) is 7. The van der Waals surface area contributed by atoms with Crippen LogP contribution in [-0.4, -0.2) is 33.6 Å². The van der Waals surface area contributed by atoms with Gasteiger partial charge in [0.25, 0.3) is 5.56 Å². The molecule has 0 saturated heterocycles. The second kappa shape index (κ2) is 11.9. The minimum atomic E-state index is -0.988. The highest BCUT2D eigenvalue weighted by atomic mass is 79.9. The fourth-order valence-corrected chi connectivity index (χ4v) is 5.15. The molecule has 1 N–H and O–H groups in total. The largest absolute Gasteiger partial charge is 0.490 e. The van der Waals surface area contributed by atoms with Gasteiger partial charge in [0.1, 0.15) is 12.2 Å². The Kier molecular flexibility index (Phi) is 7.76. The number of carboxylic acid groups (broad SMARTS) is 1. The van der Waals surface area contributed by atoms with Crippen molar-refractivity contribution in [2.75, 3.05) is 6.61 Å². The van der Waals surface area contributed by atoms with Gasteiger partial charge in [0, 0.05) is 5.39 Å². The molecule has 43 heavy (non-hydrogen) atoms. The second-order valence-electron chi connectivity index (χ2n) is 9.52. The molecule has 0 aliphatic carbocycles. The molecule has 0 bridgehead atoms. The van der Waals surface area contributed by atoms with Crippen LogP contribution in [0.15, 0.2) is 110 Å². The van der Waals surface area contributed by atoms with Crippen LogP contribution >= 0.6 is 15.9 Å². The van der Waals surface area contributed by atoms with Gasteiger partial charge in [-0.1, -0.05) is 42.5 Å². The number of carboxylic acids is 1. The van der Waals surface area contributed by atoms with Gasteiger partial charge in [0.15, 0.2) is 17.3 Å². The summed E-state index contributed by atoms with van der Waals surface area (Å²) in [5, 5.41) is 15.0. The topological polar surface area (TPSA) is 116 Å². The molecule has 0 saturated carbocycles. The van der Waals surface area contributed by atoms with E-state index in [-0.39, 0.29) is 23.6 Å². The Balaban J connectivity index is 1.36. The van der Waals surface area contributed by atoms with Crippen molar-refractivity contribution in [3.05, 3.63) is 123 Å². The standard InChI is InChI=1S/C33H24BrN3O6/c1-2-41-28-16-21(15-25(34)30(28)42-19-20-11-13-22(14-12-20)33(39)40)18-35-37-31(29-17-23-7-3-6-10-27(23)43-29)36-26-9-5-4-8-24(26)32(37)38/h3-18H,2,19H2,1H3,(H,39,40). The van der Waals surface area contributed by atoms with E-state index in [4.69, 9.17) is 24.0 Å². The van der Waals surface area contributed by atoms with Gasteiger partial charge in [-0.3, -0.25) is 4.79 Å². The maximum Gasteiger partial charge on any atom is 0.335 e. The Hall–Kier alpha value is -5.22. The van der Waals surface area contributed by atoms with Crippen LogP contribution in [0.2, 0.25) is 0 Å². The van der Waals surface area contributed by atoms with Gasteiger partial charge in [-0.15, -0.1) is 0 Å². The van der Waals surface area contributed by atoms with E-state index in [1.165, 1.54) is 16.8 Å². The van der Waals surface area contributed by atoms with Crippen LogP contribution in [0.1, 0.15) is 28.4 Å².